The largest absolute Gasteiger partial charge is 0.499 e. The van der Waals surface area contributed by atoms with Gasteiger partial charge in [-0.25, -0.2) is 4.79 Å². The zero-order valence-electron chi connectivity index (χ0n) is 6.42. The molecule has 0 radical (unpaired) electrons. The lowest BCUT2D eigenvalue weighted by Gasteiger charge is -2.01. The molecule has 0 aromatic heterocycles. The van der Waals surface area contributed by atoms with Crippen LogP contribution in [0.3, 0.4) is 0 Å². The van der Waals surface area contributed by atoms with Crippen LogP contribution in [-0.2, 0) is 9.53 Å². The molecular weight excluding hydrogens is 146 g/mol. The van der Waals surface area contributed by atoms with Crippen molar-refractivity contribution in [3.8, 4) is 6.07 Å². The number of nitriles is 1. The average molecular weight is 155 g/mol. The topological polar surface area (TPSA) is 70.3 Å². The monoisotopic (exact) mass is 155 g/mol. The molecule has 0 saturated carbocycles. The lowest BCUT2D eigenvalue weighted by Crippen LogP contribution is -2.03. The minimum absolute atomic E-state index is 0.208. The summed E-state index contributed by atoms with van der Waals surface area (Å²) in [7, 11) is 1.35. The predicted octanol–water partition coefficient (Wildman–Crippen LogP) is 0.905. The molecule has 0 rings (SSSR count). The first kappa shape index (κ1) is 9.50. The van der Waals surface area contributed by atoms with Crippen molar-refractivity contribution in [1.82, 2.24) is 0 Å². The van der Waals surface area contributed by atoms with Crippen molar-refractivity contribution >= 4 is 5.97 Å². The number of ether oxygens (including phenoxy) is 1. The number of allylic oxidation sites excluding steroid dienone is 1. The third kappa shape index (κ3) is 2.30. The van der Waals surface area contributed by atoms with Gasteiger partial charge in [-0.05, 0) is 0 Å². The van der Waals surface area contributed by atoms with E-state index in [0.717, 1.165) is 0 Å². The number of nitrogens with zero attached hydrogens (tertiary/aromatic N) is 1. The molecule has 0 unspecified atom stereocenters. The lowest BCUT2D eigenvalue weighted by molar-refractivity contribution is -0.132. The van der Waals surface area contributed by atoms with Crippen molar-refractivity contribution in [2.24, 2.45) is 0 Å². The third-order valence-electron chi connectivity index (χ3n) is 1.17. The van der Waals surface area contributed by atoms with Crippen molar-refractivity contribution in [3.63, 3.8) is 0 Å². The SMILES string of the molecule is CC/C(OC)=C(\C#N)C(=O)O. The molecule has 0 atom stereocenters. The second-order valence-corrected chi connectivity index (χ2v) is 1.77. The van der Waals surface area contributed by atoms with E-state index in [0.29, 0.717) is 6.42 Å². The van der Waals surface area contributed by atoms with Crippen LogP contribution < -0.4 is 0 Å². The Balaban J connectivity index is 4.82. The Labute approximate surface area is 64.7 Å². The summed E-state index contributed by atoms with van der Waals surface area (Å²) in [6.07, 6.45) is 0.408. The molecular formula is C7H9NO3. The highest BCUT2D eigenvalue weighted by Gasteiger charge is 2.12. The van der Waals surface area contributed by atoms with Gasteiger partial charge in [0.15, 0.2) is 5.57 Å². The molecule has 0 aromatic carbocycles. The molecule has 0 fully saturated rings. The minimum atomic E-state index is -1.24. The number of hydrogen-bond donors (Lipinski definition) is 1. The van der Waals surface area contributed by atoms with Gasteiger partial charge in [0.2, 0.25) is 0 Å². The lowest BCUT2D eigenvalue weighted by atomic mass is 10.2. The van der Waals surface area contributed by atoms with Crippen LogP contribution in [0.4, 0.5) is 0 Å². The maximum Gasteiger partial charge on any atom is 0.349 e. The van der Waals surface area contributed by atoms with Crippen LogP contribution in [-0.4, -0.2) is 18.2 Å². The van der Waals surface area contributed by atoms with Gasteiger partial charge in [-0.3, -0.25) is 0 Å². The maximum absolute atomic E-state index is 10.3. The average Bonchev–Trinajstić information content (AvgIpc) is 1.99. The highest BCUT2D eigenvalue weighted by Crippen LogP contribution is 2.08. The van der Waals surface area contributed by atoms with E-state index >= 15 is 0 Å². The van der Waals surface area contributed by atoms with E-state index < -0.39 is 5.97 Å². The van der Waals surface area contributed by atoms with Crippen LogP contribution in [0.15, 0.2) is 11.3 Å². The van der Waals surface area contributed by atoms with E-state index in [4.69, 9.17) is 15.1 Å². The number of methoxy groups -OCH3 is 1. The highest BCUT2D eigenvalue weighted by molar-refractivity contribution is 5.91. The van der Waals surface area contributed by atoms with E-state index in [1.807, 2.05) is 0 Å². The van der Waals surface area contributed by atoms with Crippen molar-refractivity contribution in [2.75, 3.05) is 7.11 Å². The number of carbonyl (C=O) groups is 1. The summed E-state index contributed by atoms with van der Waals surface area (Å²) in [5, 5.41) is 16.8. The molecule has 0 aromatic rings. The van der Waals surface area contributed by atoms with Gasteiger partial charge in [0.05, 0.1) is 7.11 Å². The molecule has 0 aliphatic rings. The molecule has 0 saturated heterocycles. The Kier molecular flexibility index (Phi) is 3.75. The number of aliphatic carboxylic acids is 1. The van der Waals surface area contributed by atoms with Gasteiger partial charge in [0.25, 0.3) is 0 Å². The molecule has 0 heterocycles. The molecule has 1 N–H and O–H groups in total. The first-order valence-corrected chi connectivity index (χ1v) is 3.07. The second kappa shape index (κ2) is 4.34. The van der Waals surface area contributed by atoms with Crippen molar-refractivity contribution in [3.05, 3.63) is 11.3 Å². The standard InChI is InChI=1S/C7H9NO3/c1-3-6(11-2)5(4-8)7(9)10/h3H2,1-2H3,(H,9,10)/b6-5-. The Morgan fingerprint density at radius 1 is 1.73 bits per heavy atom. The molecule has 11 heavy (non-hydrogen) atoms. The van der Waals surface area contributed by atoms with Crippen molar-refractivity contribution in [1.29, 1.82) is 5.26 Å². The summed E-state index contributed by atoms with van der Waals surface area (Å²) in [6.45, 7) is 1.72. The first-order valence-electron chi connectivity index (χ1n) is 3.07. The molecule has 0 aliphatic heterocycles. The summed E-state index contributed by atoms with van der Waals surface area (Å²) in [4.78, 5) is 10.3. The molecule has 0 spiro atoms. The fraction of sp³-hybridized carbons (Fsp3) is 0.429. The normalized spacial score (nSPS) is 11.4. The van der Waals surface area contributed by atoms with Crippen molar-refractivity contribution in [2.45, 2.75) is 13.3 Å². The molecule has 4 heteroatoms. The Hall–Kier alpha value is -1.50. The predicted molar refractivity (Wildman–Crippen MR) is 37.6 cm³/mol. The molecule has 0 bridgehead atoms. The summed E-state index contributed by atoms with van der Waals surface area (Å²) in [5.41, 5.74) is -0.324. The summed E-state index contributed by atoms with van der Waals surface area (Å²) in [5.74, 6) is -1.04. The fourth-order valence-electron chi connectivity index (χ4n) is 0.653. The van der Waals surface area contributed by atoms with Crippen LogP contribution in [0.1, 0.15) is 13.3 Å². The third-order valence-corrected chi connectivity index (χ3v) is 1.17. The molecule has 0 aliphatic carbocycles. The van der Waals surface area contributed by atoms with Crippen molar-refractivity contribution < 1.29 is 14.6 Å². The summed E-state index contributed by atoms with van der Waals surface area (Å²) < 4.78 is 4.69. The van der Waals surface area contributed by atoms with E-state index in [-0.39, 0.29) is 11.3 Å². The van der Waals surface area contributed by atoms with Gasteiger partial charge < -0.3 is 9.84 Å². The number of rotatable bonds is 3. The second-order valence-electron chi connectivity index (χ2n) is 1.77. The van der Waals surface area contributed by atoms with E-state index in [2.05, 4.69) is 0 Å². The maximum atomic E-state index is 10.3. The van der Waals surface area contributed by atoms with Gasteiger partial charge >= 0.3 is 5.97 Å². The van der Waals surface area contributed by atoms with Gasteiger partial charge in [0, 0.05) is 6.42 Å². The zero-order valence-corrected chi connectivity index (χ0v) is 6.42. The van der Waals surface area contributed by atoms with E-state index in [9.17, 15) is 4.79 Å². The van der Waals surface area contributed by atoms with Crippen LogP contribution in [0.25, 0.3) is 0 Å². The smallest absolute Gasteiger partial charge is 0.349 e. The summed E-state index contributed by atoms with van der Waals surface area (Å²) in [6, 6.07) is 1.56. The van der Waals surface area contributed by atoms with Crippen LogP contribution in [0.5, 0.6) is 0 Å². The summed E-state index contributed by atoms with van der Waals surface area (Å²) >= 11 is 0. The van der Waals surface area contributed by atoms with Gasteiger partial charge in [-0.2, -0.15) is 5.26 Å². The van der Waals surface area contributed by atoms with Gasteiger partial charge in [-0.1, -0.05) is 6.92 Å². The fourth-order valence-corrected chi connectivity index (χ4v) is 0.653. The van der Waals surface area contributed by atoms with Gasteiger partial charge in [0.1, 0.15) is 11.8 Å². The zero-order chi connectivity index (χ0) is 8.85. The highest BCUT2D eigenvalue weighted by atomic mass is 16.5. The number of hydrogen-bond acceptors (Lipinski definition) is 3. The van der Waals surface area contributed by atoms with E-state index in [1.165, 1.54) is 7.11 Å². The molecule has 60 valence electrons. The van der Waals surface area contributed by atoms with Crippen LogP contribution in [0.2, 0.25) is 0 Å². The molecule has 0 amide bonds. The number of carboxylic acid groups (broad SMARTS) is 1. The Bertz CT molecular complexity index is 218. The Morgan fingerprint density at radius 2 is 2.27 bits per heavy atom. The first-order chi connectivity index (χ1) is 5.17. The van der Waals surface area contributed by atoms with E-state index in [1.54, 1.807) is 13.0 Å². The quantitative estimate of drug-likeness (QED) is 0.373. The Morgan fingerprint density at radius 3 is 2.36 bits per heavy atom. The van der Waals surface area contributed by atoms with Crippen LogP contribution in [0, 0.1) is 11.3 Å². The van der Waals surface area contributed by atoms with Gasteiger partial charge in [-0.15, -0.1) is 0 Å². The van der Waals surface area contributed by atoms with Crippen LogP contribution >= 0.6 is 0 Å². The minimum Gasteiger partial charge on any atom is -0.499 e. The number of carboxylic acids is 1. The molecule has 4 nitrogen and oxygen atoms in total.